The Bertz CT molecular complexity index is 510. The number of sulfone groups is 1. The first kappa shape index (κ1) is 13.6. The zero-order valence-electron chi connectivity index (χ0n) is 9.26. The van der Waals surface area contributed by atoms with E-state index in [9.17, 15) is 17.6 Å². The molecule has 0 radical (unpaired) electrons. The molecule has 0 heterocycles. The van der Waals surface area contributed by atoms with Gasteiger partial charge in [0.25, 0.3) is 0 Å². The molecule has 1 aromatic rings. The summed E-state index contributed by atoms with van der Waals surface area (Å²) >= 11 is 0. The molecule has 0 bridgehead atoms. The molecule has 0 fully saturated rings. The van der Waals surface area contributed by atoms with Crippen molar-refractivity contribution in [3.63, 3.8) is 0 Å². The van der Waals surface area contributed by atoms with Gasteiger partial charge in [0.05, 0.1) is 0 Å². The van der Waals surface area contributed by atoms with Gasteiger partial charge in [-0.05, 0) is 18.6 Å². The van der Waals surface area contributed by atoms with Crippen molar-refractivity contribution in [3.05, 3.63) is 30.1 Å². The van der Waals surface area contributed by atoms with Crippen LogP contribution in [0.5, 0.6) is 0 Å². The summed E-state index contributed by atoms with van der Waals surface area (Å²) in [6, 6.07) is 4.79. The largest absolute Gasteiger partial charge is 0.480 e. The Morgan fingerprint density at radius 2 is 2.00 bits per heavy atom. The van der Waals surface area contributed by atoms with Gasteiger partial charge in [-0.3, -0.25) is 4.79 Å². The van der Waals surface area contributed by atoms with Crippen molar-refractivity contribution in [2.24, 2.45) is 0 Å². The van der Waals surface area contributed by atoms with Crippen molar-refractivity contribution in [1.82, 2.24) is 0 Å². The lowest BCUT2D eigenvalue weighted by Crippen LogP contribution is -2.30. The normalized spacial score (nSPS) is 13.3. The minimum Gasteiger partial charge on any atom is -0.480 e. The van der Waals surface area contributed by atoms with Crippen LogP contribution in [0.1, 0.15) is 19.8 Å². The summed E-state index contributed by atoms with van der Waals surface area (Å²) in [5, 5.41) is 7.30. The van der Waals surface area contributed by atoms with Crippen LogP contribution in [0.15, 0.2) is 29.2 Å². The third kappa shape index (κ3) is 2.82. The van der Waals surface area contributed by atoms with E-state index in [0.717, 1.165) is 12.1 Å². The molecule has 0 saturated carbocycles. The van der Waals surface area contributed by atoms with Crippen molar-refractivity contribution < 1.29 is 22.7 Å². The Labute approximate surface area is 99.0 Å². The van der Waals surface area contributed by atoms with Crippen molar-refractivity contribution >= 4 is 15.8 Å². The molecular weight excluding hydrogens is 247 g/mol. The molecule has 0 amide bonds. The zero-order chi connectivity index (χ0) is 13.1. The number of halogens is 1. The number of benzene rings is 1. The first-order chi connectivity index (χ1) is 7.91. The minimum absolute atomic E-state index is 0.0357. The lowest BCUT2D eigenvalue weighted by Gasteiger charge is -2.12. The molecule has 0 aromatic heterocycles. The van der Waals surface area contributed by atoms with Crippen LogP contribution in [0.3, 0.4) is 0 Å². The van der Waals surface area contributed by atoms with Crippen molar-refractivity contribution in [3.8, 4) is 0 Å². The van der Waals surface area contributed by atoms with Gasteiger partial charge in [0.2, 0.25) is 0 Å². The van der Waals surface area contributed by atoms with E-state index < -0.39 is 31.8 Å². The van der Waals surface area contributed by atoms with E-state index in [0.29, 0.717) is 6.42 Å². The predicted molar refractivity (Wildman–Crippen MR) is 59.9 cm³/mol. The van der Waals surface area contributed by atoms with Crippen LogP contribution in [0.25, 0.3) is 0 Å². The Hall–Kier alpha value is -1.43. The van der Waals surface area contributed by atoms with Gasteiger partial charge in [-0.15, -0.1) is 0 Å². The molecule has 0 spiro atoms. The number of carbonyl (C=O) groups is 1. The summed E-state index contributed by atoms with van der Waals surface area (Å²) in [5.74, 6) is -2.37. The number of aliphatic carboxylic acids is 1. The molecule has 94 valence electrons. The fourth-order valence-electron chi connectivity index (χ4n) is 1.50. The number of hydrogen-bond acceptors (Lipinski definition) is 3. The predicted octanol–water partition coefficient (Wildman–Crippen LogP) is 1.85. The quantitative estimate of drug-likeness (QED) is 0.877. The van der Waals surface area contributed by atoms with E-state index in [1.165, 1.54) is 12.1 Å². The average molecular weight is 260 g/mol. The highest BCUT2D eigenvalue weighted by molar-refractivity contribution is 7.92. The molecule has 0 saturated heterocycles. The lowest BCUT2D eigenvalue weighted by molar-refractivity contribution is -0.136. The van der Waals surface area contributed by atoms with Gasteiger partial charge in [-0.2, -0.15) is 0 Å². The minimum atomic E-state index is -4.17. The van der Waals surface area contributed by atoms with Crippen molar-refractivity contribution in [1.29, 1.82) is 0 Å². The summed E-state index contributed by atoms with van der Waals surface area (Å²) in [5.41, 5.74) is 0. The van der Waals surface area contributed by atoms with Crippen LogP contribution in [-0.4, -0.2) is 24.7 Å². The van der Waals surface area contributed by atoms with Gasteiger partial charge in [0, 0.05) is 0 Å². The van der Waals surface area contributed by atoms with E-state index in [1.54, 1.807) is 6.92 Å². The van der Waals surface area contributed by atoms with Gasteiger partial charge in [-0.25, -0.2) is 12.8 Å². The van der Waals surface area contributed by atoms with Crippen LogP contribution in [0.4, 0.5) is 4.39 Å². The maximum Gasteiger partial charge on any atom is 0.322 e. The maximum atomic E-state index is 13.4. The van der Waals surface area contributed by atoms with Crippen LogP contribution in [-0.2, 0) is 14.6 Å². The molecule has 1 unspecified atom stereocenters. The molecule has 1 aromatic carbocycles. The molecule has 1 atom stereocenters. The number of rotatable bonds is 5. The number of carboxylic acid groups (broad SMARTS) is 1. The SMILES string of the molecule is CCCC(C(=O)O)S(=O)(=O)c1ccccc1F. The molecule has 6 heteroatoms. The standard InChI is InChI=1S/C11H13FO4S/c1-2-5-10(11(13)14)17(15,16)9-7-4-3-6-8(9)12/h3-4,6-7,10H,2,5H2,1H3,(H,13,14). The number of hydrogen-bond donors (Lipinski definition) is 1. The molecule has 0 aliphatic carbocycles. The third-order valence-corrected chi connectivity index (χ3v) is 4.47. The van der Waals surface area contributed by atoms with Gasteiger partial charge < -0.3 is 5.11 Å². The van der Waals surface area contributed by atoms with Crippen LogP contribution in [0.2, 0.25) is 0 Å². The lowest BCUT2D eigenvalue weighted by atomic mass is 10.2. The Morgan fingerprint density at radius 1 is 1.41 bits per heavy atom. The average Bonchev–Trinajstić information content (AvgIpc) is 2.25. The first-order valence-electron chi connectivity index (χ1n) is 5.12. The molecule has 1 rings (SSSR count). The molecule has 4 nitrogen and oxygen atoms in total. The fraction of sp³-hybridized carbons (Fsp3) is 0.364. The maximum absolute atomic E-state index is 13.4. The highest BCUT2D eigenvalue weighted by Gasteiger charge is 2.34. The van der Waals surface area contributed by atoms with E-state index in [2.05, 4.69) is 0 Å². The van der Waals surface area contributed by atoms with Crippen LogP contribution >= 0.6 is 0 Å². The molecular formula is C11H13FO4S. The van der Waals surface area contributed by atoms with Gasteiger partial charge in [-0.1, -0.05) is 25.5 Å². The van der Waals surface area contributed by atoms with Gasteiger partial charge >= 0.3 is 5.97 Å². The number of carboxylic acids is 1. The first-order valence-corrected chi connectivity index (χ1v) is 6.67. The highest BCUT2D eigenvalue weighted by atomic mass is 32.2. The Kier molecular flexibility index (Phi) is 4.22. The van der Waals surface area contributed by atoms with E-state index in [-0.39, 0.29) is 6.42 Å². The second kappa shape index (κ2) is 5.27. The summed E-state index contributed by atoms with van der Waals surface area (Å²) < 4.78 is 37.3. The Morgan fingerprint density at radius 3 is 2.47 bits per heavy atom. The van der Waals surface area contributed by atoms with Crippen molar-refractivity contribution in [2.75, 3.05) is 0 Å². The summed E-state index contributed by atoms with van der Waals surface area (Å²) in [4.78, 5) is 10.4. The Balaban J connectivity index is 3.27. The van der Waals surface area contributed by atoms with E-state index in [1.807, 2.05) is 0 Å². The summed E-state index contributed by atoms with van der Waals surface area (Å²) in [6.07, 6.45) is 0.358. The smallest absolute Gasteiger partial charge is 0.322 e. The zero-order valence-corrected chi connectivity index (χ0v) is 10.1. The van der Waals surface area contributed by atoms with E-state index >= 15 is 0 Å². The second-order valence-electron chi connectivity index (χ2n) is 3.59. The highest BCUT2D eigenvalue weighted by Crippen LogP contribution is 2.22. The fourth-order valence-corrected chi connectivity index (χ4v) is 3.23. The summed E-state index contributed by atoms with van der Waals surface area (Å²) in [7, 11) is -4.17. The van der Waals surface area contributed by atoms with Gasteiger partial charge in [0.1, 0.15) is 10.7 Å². The molecule has 17 heavy (non-hydrogen) atoms. The van der Waals surface area contributed by atoms with Crippen molar-refractivity contribution in [2.45, 2.75) is 29.9 Å². The van der Waals surface area contributed by atoms with Gasteiger partial charge in [0.15, 0.2) is 15.1 Å². The second-order valence-corrected chi connectivity index (χ2v) is 5.69. The van der Waals surface area contributed by atoms with Crippen LogP contribution < -0.4 is 0 Å². The molecule has 0 aliphatic heterocycles. The monoisotopic (exact) mass is 260 g/mol. The third-order valence-electron chi connectivity index (χ3n) is 2.34. The topological polar surface area (TPSA) is 71.4 Å². The summed E-state index contributed by atoms with van der Waals surface area (Å²) in [6.45, 7) is 1.67. The molecule has 0 aliphatic rings. The van der Waals surface area contributed by atoms with E-state index in [4.69, 9.17) is 5.11 Å². The molecule has 1 N–H and O–H groups in total. The van der Waals surface area contributed by atoms with Crippen LogP contribution in [0, 0.1) is 5.82 Å².